The van der Waals surface area contributed by atoms with Crippen molar-refractivity contribution in [2.75, 3.05) is 39.3 Å². The number of amides is 2. The molecule has 2 saturated heterocycles. The van der Waals surface area contributed by atoms with Crippen LogP contribution in [0.5, 0.6) is 0 Å². The topological polar surface area (TPSA) is 127 Å². The van der Waals surface area contributed by atoms with E-state index in [9.17, 15) is 27.9 Å². The van der Waals surface area contributed by atoms with Crippen molar-refractivity contribution >= 4 is 51.0 Å². The Kier molecular flexibility index (Phi) is 11.4. The highest BCUT2D eigenvalue weighted by atomic mass is 35.5. The Morgan fingerprint density at radius 1 is 1.05 bits per heavy atom. The zero-order valence-corrected chi connectivity index (χ0v) is 24.8. The van der Waals surface area contributed by atoms with E-state index >= 15 is 0 Å². The molecule has 0 aliphatic carbocycles. The van der Waals surface area contributed by atoms with Crippen LogP contribution in [0.3, 0.4) is 0 Å². The third kappa shape index (κ3) is 8.29. The molecule has 1 aromatic carbocycles. The summed E-state index contributed by atoms with van der Waals surface area (Å²) < 4.78 is 27.5. The van der Waals surface area contributed by atoms with Crippen LogP contribution in [0.15, 0.2) is 23.1 Å². The van der Waals surface area contributed by atoms with Gasteiger partial charge in [0.15, 0.2) is 0 Å². The van der Waals surface area contributed by atoms with Crippen molar-refractivity contribution < 1.29 is 27.9 Å². The van der Waals surface area contributed by atoms with Crippen LogP contribution in [-0.4, -0.2) is 96.8 Å². The predicted molar refractivity (Wildman–Crippen MR) is 149 cm³/mol. The van der Waals surface area contributed by atoms with Crippen LogP contribution in [0, 0.1) is 5.92 Å². The summed E-state index contributed by atoms with van der Waals surface area (Å²) in [6.07, 6.45) is 2.39. The quantitative estimate of drug-likeness (QED) is 0.375. The minimum Gasteiger partial charge on any atom is -0.480 e. The highest BCUT2D eigenvalue weighted by Crippen LogP contribution is 2.30. The molecule has 0 radical (unpaired) electrons. The number of aliphatic carboxylic acids is 1. The van der Waals surface area contributed by atoms with Gasteiger partial charge in [-0.05, 0) is 69.3 Å². The molecule has 13 heteroatoms. The van der Waals surface area contributed by atoms with E-state index in [0.29, 0.717) is 25.4 Å². The molecule has 2 aliphatic rings. The number of rotatable bonds is 12. The van der Waals surface area contributed by atoms with Gasteiger partial charge in [-0.15, -0.1) is 0 Å². The van der Waals surface area contributed by atoms with Crippen molar-refractivity contribution in [2.24, 2.45) is 5.92 Å². The molecule has 2 fully saturated rings. The molecule has 2 heterocycles. The summed E-state index contributed by atoms with van der Waals surface area (Å²) in [4.78, 5) is 41.8. The number of piperidine rings is 1. The molecule has 2 amide bonds. The predicted octanol–water partition coefficient (Wildman–Crippen LogP) is 3.08. The first-order valence-corrected chi connectivity index (χ1v) is 15.7. The molecule has 3 rings (SSSR count). The first-order chi connectivity index (χ1) is 18.5. The number of carbonyl (C=O) groups excluding carboxylic acids is 2. The lowest BCUT2D eigenvalue weighted by Crippen LogP contribution is -2.51. The van der Waals surface area contributed by atoms with Gasteiger partial charge in [0.25, 0.3) is 0 Å². The van der Waals surface area contributed by atoms with E-state index < -0.39 is 34.0 Å². The second-order valence-electron chi connectivity index (χ2n) is 10.1. The number of nitrogens with zero attached hydrogens (tertiary/aromatic N) is 3. The van der Waals surface area contributed by atoms with Crippen molar-refractivity contribution in [3.63, 3.8) is 0 Å². The van der Waals surface area contributed by atoms with Crippen LogP contribution in [0.25, 0.3) is 0 Å². The summed E-state index contributed by atoms with van der Waals surface area (Å²) in [5.41, 5.74) is 0. The van der Waals surface area contributed by atoms with Gasteiger partial charge in [0.05, 0.1) is 4.90 Å². The second kappa shape index (κ2) is 14.1. The summed E-state index contributed by atoms with van der Waals surface area (Å²) in [7, 11) is -4.10. The molecule has 0 aromatic heterocycles. The molecule has 0 saturated carbocycles. The molecular formula is C26H38Cl2N4O6S. The molecule has 10 nitrogen and oxygen atoms in total. The summed E-state index contributed by atoms with van der Waals surface area (Å²) in [6, 6.07) is 1.54. The van der Waals surface area contributed by atoms with E-state index in [0.717, 1.165) is 36.8 Å². The standard InChI is InChI=1S/C26H38Cl2N4O6S/c1-3-30(4-2)17-18-9-12-31(13-10-18)24(33)8-7-22(26(35)36)29-25(34)23-6-5-11-32(23)39(37,38)21-15-19(27)14-20(28)16-21/h14-16,18,22-23H,3-13,17H2,1-2H3,(H,29,34)(H,35,36)/t22-,23+/m0/s1. The molecule has 218 valence electrons. The fraction of sp³-hybridized carbons (Fsp3) is 0.654. The van der Waals surface area contributed by atoms with Gasteiger partial charge in [-0.1, -0.05) is 37.0 Å². The Hall–Kier alpha value is -1.92. The van der Waals surface area contributed by atoms with Gasteiger partial charge in [-0.3, -0.25) is 9.59 Å². The van der Waals surface area contributed by atoms with Crippen LogP contribution in [0.2, 0.25) is 10.0 Å². The third-order valence-corrected chi connectivity index (χ3v) is 9.91. The Bertz CT molecular complexity index is 1120. The SMILES string of the molecule is CCN(CC)CC1CCN(C(=O)CC[C@H](NC(=O)[C@H]2CCCN2S(=O)(=O)c2cc(Cl)cc(Cl)c2)C(=O)O)CC1. The molecule has 39 heavy (non-hydrogen) atoms. The fourth-order valence-corrected chi connectivity index (χ4v) is 7.65. The van der Waals surface area contributed by atoms with Gasteiger partial charge in [-0.2, -0.15) is 4.31 Å². The largest absolute Gasteiger partial charge is 0.480 e. The first-order valence-electron chi connectivity index (χ1n) is 13.5. The van der Waals surface area contributed by atoms with E-state index in [2.05, 4.69) is 24.1 Å². The minimum absolute atomic E-state index is 0.0222. The Labute approximate surface area is 240 Å². The average molecular weight is 606 g/mol. The van der Waals surface area contributed by atoms with Gasteiger partial charge in [0.1, 0.15) is 12.1 Å². The fourth-order valence-electron chi connectivity index (χ4n) is 5.27. The number of carbonyl (C=O) groups is 3. The van der Waals surface area contributed by atoms with Crippen LogP contribution < -0.4 is 5.32 Å². The maximum Gasteiger partial charge on any atom is 0.326 e. The summed E-state index contributed by atoms with van der Waals surface area (Å²) in [6.45, 7) is 8.66. The number of carboxylic acids is 1. The number of nitrogens with one attached hydrogen (secondary N) is 1. The molecule has 0 unspecified atom stereocenters. The number of likely N-dealkylation sites (tertiary alicyclic amines) is 1. The zero-order chi connectivity index (χ0) is 28.7. The summed E-state index contributed by atoms with van der Waals surface area (Å²) in [5.74, 6) is -1.59. The Morgan fingerprint density at radius 2 is 1.67 bits per heavy atom. The first kappa shape index (κ1) is 31.6. The van der Waals surface area contributed by atoms with Gasteiger partial charge in [-0.25, -0.2) is 13.2 Å². The van der Waals surface area contributed by atoms with Gasteiger partial charge >= 0.3 is 5.97 Å². The van der Waals surface area contributed by atoms with Crippen LogP contribution in [0.1, 0.15) is 52.4 Å². The molecule has 2 N–H and O–H groups in total. The zero-order valence-electron chi connectivity index (χ0n) is 22.4. The van der Waals surface area contributed by atoms with Crippen LogP contribution in [0.4, 0.5) is 0 Å². The van der Waals surface area contributed by atoms with Crippen molar-refractivity contribution in [1.29, 1.82) is 0 Å². The van der Waals surface area contributed by atoms with E-state index in [-0.39, 0.29) is 46.7 Å². The number of halogens is 2. The number of benzene rings is 1. The molecule has 0 bridgehead atoms. The van der Waals surface area contributed by atoms with E-state index in [1.807, 2.05) is 0 Å². The highest BCUT2D eigenvalue weighted by molar-refractivity contribution is 7.89. The smallest absolute Gasteiger partial charge is 0.326 e. The summed E-state index contributed by atoms with van der Waals surface area (Å²) >= 11 is 12.0. The monoisotopic (exact) mass is 604 g/mol. The van der Waals surface area contributed by atoms with E-state index in [4.69, 9.17) is 23.2 Å². The maximum absolute atomic E-state index is 13.2. The van der Waals surface area contributed by atoms with Crippen molar-refractivity contribution in [3.05, 3.63) is 28.2 Å². The lowest BCUT2D eigenvalue weighted by molar-refractivity contribution is -0.143. The molecule has 2 aliphatic heterocycles. The summed E-state index contributed by atoms with van der Waals surface area (Å²) in [5, 5.41) is 12.5. The Balaban J connectivity index is 1.57. The third-order valence-electron chi connectivity index (χ3n) is 7.59. The van der Waals surface area contributed by atoms with E-state index in [1.165, 1.54) is 18.2 Å². The molecule has 2 atom stereocenters. The van der Waals surface area contributed by atoms with Crippen molar-refractivity contribution in [3.8, 4) is 0 Å². The minimum atomic E-state index is -4.10. The normalized spacial score (nSPS) is 19.8. The lowest BCUT2D eigenvalue weighted by atomic mass is 9.95. The number of hydrogen-bond donors (Lipinski definition) is 2. The Morgan fingerprint density at radius 3 is 2.23 bits per heavy atom. The van der Waals surface area contributed by atoms with Gasteiger partial charge < -0.3 is 20.2 Å². The van der Waals surface area contributed by atoms with Crippen molar-refractivity contribution in [2.45, 2.75) is 69.4 Å². The van der Waals surface area contributed by atoms with Gasteiger partial charge in [0, 0.05) is 42.6 Å². The maximum atomic E-state index is 13.2. The second-order valence-corrected chi connectivity index (χ2v) is 12.9. The van der Waals surface area contributed by atoms with Crippen LogP contribution >= 0.6 is 23.2 Å². The molecular weight excluding hydrogens is 567 g/mol. The molecule has 0 spiro atoms. The van der Waals surface area contributed by atoms with Crippen molar-refractivity contribution in [1.82, 2.24) is 19.4 Å². The molecule has 1 aromatic rings. The van der Waals surface area contributed by atoms with Gasteiger partial charge in [0.2, 0.25) is 21.8 Å². The highest BCUT2D eigenvalue weighted by Gasteiger charge is 2.41. The van der Waals surface area contributed by atoms with E-state index in [1.54, 1.807) is 4.90 Å². The van der Waals surface area contributed by atoms with Crippen LogP contribution in [-0.2, 0) is 24.4 Å². The average Bonchev–Trinajstić information content (AvgIpc) is 3.40. The number of sulfonamides is 1. The number of hydrogen-bond acceptors (Lipinski definition) is 6. The lowest BCUT2D eigenvalue weighted by Gasteiger charge is -2.34. The number of carboxylic acid groups (broad SMARTS) is 1.